The fourth-order valence-corrected chi connectivity index (χ4v) is 12.5. The molecule has 0 radical (unpaired) electrons. The van der Waals surface area contributed by atoms with Crippen molar-refractivity contribution < 1.29 is 80.2 Å². The van der Waals surface area contributed by atoms with Crippen LogP contribution in [0.5, 0.6) is 0 Å². The monoisotopic (exact) mass is 1550 g/mol. The maximum atomic E-state index is 13.1. The van der Waals surface area contributed by atoms with Crippen molar-refractivity contribution in [3.63, 3.8) is 0 Å². The molecule has 0 aliphatic carbocycles. The van der Waals surface area contributed by atoms with Crippen LogP contribution in [-0.4, -0.2) is 96.7 Å². The Kier molecular flexibility index (Phi) is 76.3. The van der Waals surface area contributed by atoms with Crippen LogP contribution in [0.15, 0.2) is 146 Å². The van der Waals surface area contributed by atoms with Gasteiger partial charge in [0.15, 0.2) is 12.2 Å². The van der Waals surface area contributed by atoms with E-state index in [9.17, 15) is 43.2 Å². The van der Waals surface area contributed by atoms with Gasteiger partial charge in [0.2, 0.25) is 0 Å². The number of unbranched alkanes of at least 4 members (excludes halogenated alkanes) is 28. The molecule has 3 N–H and O–H groups in total. The zero-order chi connectivity index (χ0) is 78.9. The van der Waals surface area contributed by atoms with E-state index in [0.717, 1.165) is 167 Å². The molecule has 0 amide bonds. The summed E-state index contributed by atoms with van der Waals surface area (Å²) in [6.45, 7) is 4.56. The largest absolute Gasteiger partial charge is 0.472 e. The van der Waals surface area contributed by atoms with E-state index in [2.05, 4.69) is 174 Å². The number of allylic oxidation sites excluding steroid dienone is 24. The van der Waals surface area contributed by atoms with Crippen molar-refractivity contribution in [2.45, 2.75) is 354 Å². The molecular weight excluding hydrogens is 1400 g/mol. The van der Waals surface area contributed by atoms with E-state index in [1.54, 1.807) is 0 Å². The predicted octanol–water partition coefficient (Wildman–Crippen LogP) is 25.0. The van der Waals surface area contributed by atoms with Gasteiger partial charge in [-0.15, -0.1) is 0 Å². The summed E-state index contributed by atoms with van der Waals surface area (Å²) in [4.78, 5) is 73.2. The van der Waals surface area contributed by atoms with Crippen molar-refractivity contribution in [3.8, 4) is 0 Å². The van der Waals surface area contributed by atoms with Gasteiger partial charge in [0.1, 0.15) is 19.3 Å². The number of ether oxygens (including phenoxy) is 4. The molecule has 0 aliphatic rings. The minimum atomic E-state index is -5.00. The molecule has 5 atom stereocenters. The quantitative estimate of drug-likeness (QED) is 0.0169. The lowest BCUT2D eigenvalue weighted by atomic mass is 10.0. The Labute approximate surface area is 656 Å². The van der Waals surface area contributed by atoms with Crippen LogP contribution < -0.4 is 0 Å². The normalized spacial score (nSPS) is 14.5. The van der Waals surface area contributed by atoms with E-state index in [1.165, 1.54) is 89.9 Å². The number of phosphoric ester groups is 2. The molecule has 0 aliphatic heterocycles. The van der Waals surface area contributed by atoms with Crippen molar-refractivity contribution in [2.75, 3.05) is 39.6 Å². The minimum absolute atomic E-state index is 0.0533. The van der Waals surface area contributed by atoms with Gasteiger partial charge in [0, 0.05) is 25.7 Å². The van der Waals surface area contributed by atoms with Gasteiger partial charge in [-0.25, -0.2) is 9.13 Å². The molecule has 0 bridgehead atoms. The van der Waals surface area contributed by atoms with Gasteiger partial charge in [0.05, 0.1) is 26.4 Å². The number of hydrogen-bond acceptors (Lipinski definition) is 15. The molecule has 2 unspecified atom stereocenters. The molecule has 108 heavy (non-hydrogen) atoms. The van der Waals surface area contributed by atoms with Crippen LogP contribution in [0.3, 0.4) is 0 Å². The molecule has 0 saturated carbocycles. The summed E-state index contributed by atoms with van der Waals surface area (Å²) in [5.41, 5.74) is 0. The van der Waals surface area contributed by atoms with Gasteiger partial charge in [-0.1, -0.05) is 308 Å². The van der Waals surface area contributed by atoms with Gasteiger partial charge in [-0.05, 0) is 148 Å². The predicted molar refractivity (Wildman–Crippen MR) is 445 cm³/mol. The highest BCUT2D eigenvalue weighted by atomic mass is 31.2. The van der Waals surface area contributed by atoms with E-state index < -0.39 is 97.5 Å². The summed E-state index contributed by atoms with van der Waals surface area (Å²) in [5.74, 6) is -2.26. The third kappa shape index (κ3) is 79.0. The molecule has 0 fully saturated rings. The van der Waals surface area contributed by atoms with Gasteiger partial charge in [-0.3, -0.25) is 37.3 Å². The Hall–Kier alpha value is -5.06. The van der Waals surface area contributed by atoms with Crippen LogP contribution in [-0.2, 0) is 65.4 Å². The lowest BCUT2D eigenvalue weighted by molar-refractivity contribution is -0.161. The van der Waals surface area contributed by atoms with Gasteiger partial charge >= 0.3 is 39.5 Å². The lowest BCUT2D eigenvalue weighted by Gasteiger charge is -2.21. The summed E-state index contributed by atoms with van der Waals surface area (Å²) in [5, 5.41) is 10.7. The standard InChI is InChI=1S/C89H150O17P2/c1-5-9-13-17-21-25-29-33-37-39-41-43-47-50-54-58-62-66-70-74-87(92)100-80-84(105-88(93)75-71-67-63-59-55-51-46-36-32-28-24-20-16-12-8-4)81-103-107(95,96)101-77-83(90)78-102-108(97,98)104-82-85(79-99-86(91)73-69-65-61-57-53-49-45-35-31-27-23-19-15-11-7-3)106-89(94)76-72-68-64-60-56-52-48-44-42-40-38-34-30-26-22-18-14-10-6-2/h9-10,13-14,21-22,24-26,28,33-34,36-38,41-44,46,50,52,54,56,83-85,90H,5-8,11-12,15-20,23,27,29-32,35,39-40,45,47-49,51,53,55,57-82H2,1-4H3,(H,95,96)(H,97,98)/b13-9-,14-10-,25-21-,26-22-,28-24-,37-33-,38-34-,43-41-,44-42-,46-36-,54-50-,56-52-/t83-,84-,85-/m1/s1. The average Bonchev–Trinajstić information content (AvgIpc) is 0.914. The average molecular weight is 1550 g/mol. The molecule has 0 aromatic heterocycles. The fourth-order valence-electron chi connectivity index (χ4n) is 11.0. The summed E-state index contributed by atoms with van der Waals surface area (Å²) in [6.07, 6.45) is 92.4. The molecule has 0 saturated heterocycles. The first-order valence-corrected chi connectivity index (χ1v) is 45.1. The van der Waals surface area contributed by atoms with Crippen LogP contribution in [0.1, 0.15) is 336 Å². The van der Waals surface area contributed by atoms with Crippen molar-refractivity contribution in [3.05, 3.63) is 146 Å². The highest BCUT2D eigenvalue weighted by molar-refractivity contribution is 7.47. The van der Waals surface area contributed by atoms with Gasteiger partial charge in [0.25, 0.3) is 0 Å². The Morgan fingerprint density at radius 1 is 0.269 bits per heavy atom. The highest BCUT2D eigenvalue weighted by Crippen LogP contribution is 2.45. The van der Waals surface area contributed by atoms with E-state index in [4.69, 9.17) is 37.0 Å². The number of aliphatic hydroxyl groups excluding tert-OH is 1. The summed E-state index contributed by atoms with van der Waals surface area (Å²) < 4.78 is 68.7. The van der Waals surface area contributed by atoms with Crippen molar-refractivity contribution in [1.82, 2.24) is 0 Å². The smallest absolute Gasteiger partial charge is 0.462 e. The van der Waals surface area contributed by atoms with E-state index in [1.807, 2.05) is 0 Å². The molecule has 17 nitrogen and oxygen atoms in total. The third-order valence-electron chi connectivity index (χ3n) is 17.3. The number of hydrogen-bond donors (Lipinski definition) is 3. The van der Waals surface area contributed by atoms with E-state index in [-0.39, 0.29) is 25.7 Å². The third-order valence-corrected chi connectivity index (χ3v) is 19.2. The van der Waals surface area contributed by atoms with Gasteiger partial charge in [-0.2, -0.15) is 0 Å². The highest BCUT2D eigenvalue weighted by Gasteiger charge is 2.30. The Bertz CT molecular complexity index is 2610. The first-order chi connectivity index (χ1) is 52.7. The zero-order valence-corrected chi connectivity index (χ0v) is 69.5. The van der Waals surface area contributed by atoms with E-state index in [0.29, 0.717) is 25.7 Å². The van der Waals surface area contributed by atoms with Crippen molar-refractivity contribution >= 4 is 39.5 Å². The van der Waals surface area contributed by atoms with Crippen LogP contribution in [0.4, 0.5) is 0 Å². The lowest BCUT2D eigenvalue weighted by Crippen LogP contribution is -2.30. The second-order valence-corrected chi connectivity index (χ2v) is 30.6. The molecule has 19 heteroatoms. The Morgan fingerprint density at radius 2 is 0.481 bits per heavy atom. The number of rotatable bonds is 78. The first-order valence-electron chi connectivity index (χ1n) is 42.1. The first kappa shape index (κ1) is 103. The van der Waals surface area contributed by atoms with Crippen LogP contribution in [0, 0.1) is 0 Å². The molecule has 0 rings (SSSR count). The second-order valence-electron chi connectivity index (χ2n) is 27.7. The molecule has 0 aromatic rings. The topological polar surface area (TPSA) is 237 Å². The Balaban J connectivity index is 5.45. The number of esters is 4. The minimum Gasteiger partial charge on any atom is -0.462 e. The number of carbonyl (C=O) groups excluding carboxylic acids is 4. The number of carbonyl (C=O) groups is 4. The van der Waals surface area contributed by atoms with Crippen LogP contribution >= 0.6 is 15.6 Å². The maximum Gasteiger partial charge on any atom is 0.472 e. The molecule has 0 heterocycles. The SMILES string of the molecule is CC/C=C\C/C=C\C/C=C\C/C=C\C/C=C\CCCCCC(=O)OC[C@H](COP(=O)(O)OC[C@@H](O)COP(=O)(O)OC[C@@H](COC(=O)CCCCCCCCCCCCCCCCC)OC(=O)CCCCC/C=C\C/C=C\C/C=C\C/C=C\C/C=C\CC)OC(=O)CCCCCCC/C=C\C/C=C\CCCCC. The van der Waals surface area contributed by atoms with Crippen LogP contribution in [0.2, 0.25) is 0 Å². The van der Waals surface area contributed by atoms with Gasteiger partial charge < -0.3 is 33.8 Å². The number of phosphoric acid groups is 2. The summed E-state index contributed by atoms with van der Waals surface area (Å²) in [6, 6.07) is 0. The maximum absolute atomic E-state index is 13.1. The van der Waals surface area contributed by atoms with Crippen LogP contribution in [0.25, 0.3) is 0 Å². The fraction of sp³-hybridized carbons (Fsp3) is 0.685. The van der Waals surface area contributed by atoms with Crippen molar-refractivity contribution in [1.29, 1.82) is 0 Å². The van der Waals surface area contributed by atoms with Crippen molar-refractivity contribution in [2.24, 2.45) is 0 Å². The zero-order valence-electron chi connectivity index (χ0n) is 67.7. The second kappa shape index (κ2) is 80.0. The number of aliphatic hydroxyl groups is 1. The molecule has 618 valence electrons. The Morgan fingerprint density at radius 3 is 0.769 bits per heavy atom. The molecular formula is C89H150O17P2. The van der Waals surface area contributed by atoms with E-state index >= 15 is 0 Å². The summed E-state index contributed by atoms with van der Waals surface area (Å²) in [7, 11) is -9.99. The molecule has 0 aromatic carbocycles. The summed E-state index contributed by atoms with van der Waals surface area (Å²) >= 11 is 0. The molecule has 0 spiro atoms.